The van der Waals surface area contributed by atoms with Gasteiger partial charge in [0.05, 0.1) is 17.6 Å². The fourth-order valence-electron chi connectivity index (χ4n) is 3.18. The van der Waals surface area contributed by atoms with Gasteiger partial charge in [-0.05, 0) is 43.5 Å². The first-order valence-electron chi connectivity index (χ1n) is 8.83. The molecule has 1 fully saturated rings. The van der Waals surface area contributed by atoms with E-state index in [1.54, 1.807) is 18.6 Å². The van der Waals surface area contributed by atoms with Crippen LogP contribution in [-0.2, 0) is 0 Å². The molecule has 0 aliphatic carbocycles. The van der Waals surface area contributed by atoms with Crippen LogP contribution in [0, 0.1) is 0 Å². The van der Waals surface area contributed by atoms with Crippen molar-refractivity contribution in [3.05, 3.63) is 59.9 Å². The van der Waals surface area contributed by atoms with E-state index in [0.29, 0.717) is 4.88 Å². The van der Waals surface area contributed by atoms with Gasteiger partial charge in [-0.25, -0.2) is 4.98 Å². The number of pyridine rings is 1. The number of carbonyl (C=O) groups excluding carboxylic acids is 1. The van der Waals surface area contributed by atoms with Gasteiger partial charge in [-0.15, -0.1) is 11.3 Å². The van der Waals surface area contributed by atoms with Gasteiger partial charge in [0.25, 0.3) is 5.91 Å². The second kappa shape index (κ2) is 7.66. The largest absolute Gasteiger partial charge is 0.370 e. The number of benzene rings is 1. The Morgan fingerprint density at radius 2 is 1.81 bits per heavy atom. The first-order chi connectivity index (χ1) is 12.8. The zero-order valence-corrected chi connectivity index (χ0v) is 15.2. The molecule has 26 heavy (non-hydrogen) atoms. The van der Waals surface area contributed by atoms with Gasteiger partial charge >= 0.3 is 0 Å². The van der Waals surface area contributed by atoms with Gasteiger partial charge in [0.1, 0.15) is 9.88 Å². The van der Waals surface area contributed by atoms with Crippen molar-refractivity contribution in [1.29, 1.82) is 0 Å². The number of hydrogen-bond donors (Lipinski definition) is 1. The van der Waals surface area contributed by atoms with E-state index in [0.717, 1.165) is 35.0 Å². The molecule has 132 valence electrons. The maximum Gasteiger partial charge on any atom is 0.267 e. The Kier molecular flexibility index (Phi) is 4.93. The van der Waals surface area contributed by atoms with E-state index in [-0.39, 0.29) is 5.91 Å². The lowest BCUT2D eigenvalue weighted by Crippen LogP contribution is -2.30. The van der Waals surface area contributed by atoms with Gasteiger partial charge in [0, 0.05) is 31.0 Å². The average Bonchev–Trinajstić information content (AvgIpc) is 3.20. The Balaban J connectivity index is 1.53. The molecular weight excluding hydrogens is 344 g/mol. The van der Waals surface area contributed by atoms with Crippen molar-refractivity contribution >= 4 is 28.6 Å². The van der Waals surface area contributed by atoms with Crippen LogP contribution < -0.4 is 10.2 Å². The summed E-state index contributed by atoms with van der Waals surface area (Å²) in [5.41, 5.74) is 2.93. The quantitative estimate of drug-likeness (QED) is 0.743. The number of para-hydroxylation sites is 2. The standard InChI is InChI=1S/C20H20N4OS/c25-19(18-14-22-20(26-18)15-8-10-21-11-9-15)23-16-6-2-3-7-17(16)24-12-4-1-5-13-24/h2-3,6-11,14H,1,4-5,12-13H2,(H,23,25). The smallest absolute Gasteiger partial charge is 0.267 e. The number of aromatic nitrogens is 2. The summed E-state index contributed by atoms with van der Waals surface area (Å²) in [5, 5.41) is 3.89. The highest BCUT2D eigenvalue weighted by atomic mass is 32.1. The van der Waals surface area contributed by atoms with E-state index >= 15 is 0 Å². The highest BCUT2D eigenvalue weighted by molar-refractivity contribution is 7.17. The molecule has 4 rings (SSSR count). The number of hydrogen-bond acceptors (Lipinski definition) is 5. The minimum atomic E-state index is -0.118. The lowest BCUT2D eigenvalue weighted by molar-refractivity contribution is 0.103. The topological polar surface area (TPSA) is 58.1 Å². The summed E-state index contributed by atoms with van der Waals surface area (Å²) in [6.45, 7) is 2.08. The van der Waals surface area contributed by atoms with E-state index in [9.17, 15) is 4.79 Å². The summed E-state index contributed by atoms with van der Waals surface area (Å²) in [5.74, 6) is -0.118. The number of carbonyl (C=O) groups is 1. The fraction of sp³-hybridized carbons (Fsp3) is 0.250. The van der Waals surface area contributed by atoms with Gasteiger partial charge in [0.15, 0.2) is 0 Å². The second-order valence-electron chi connectivity index (χ2n) is 6.28. The van der Waals surface area contributed by atoms with Crippen LogP contribution in [0.1, 0.15) is 28.9 Å². The molecule has 1 aliphatic rings. The Morgan fingerprint density at radius 3 is 2.62 bits per heavy atom. The van der Waals surface area contributed by atoms with Crippen LogP contribution in [0.5, 0.6) is 0 Å². The summed E-state index contributed by atoms with van der Waals surface area (Å²) in [4.78, 5) is 24.1. The molecule has 1 aromatic carbocycles. The summed E-state index contributed by atoms with van der Waals surface area (Å²) in [6.07, 6.45) is 8.78. The molecule has 0 radical (unpaired) electrons. The number of piperidine rings is 1. The van der Waals surface area contributed by atoms with Crippen LogP contribution in [0.25, 0.3) is 10.6 Å². The molecule has 0 unspecified atom stereocenters. The third kappa shape index (κ3) is 3.60. The Bertz CT molecular complexity index is 888. The predicted octanol–water partition coefficient (Wildman–Crippen LogP) is 4.45. The highest BCUT2D eigenvalue weighted by Gasteiger charge is 2.17. The van der Waals surface area contributed by atoms with Gasteiger partial charge in [0.2, 0.25) is 0 Å². The van der Waals surface area contributed by atoms with Crippen LogP contribution in [0.2, 0.25) is 0 Å². The van der Waals surface area contributed by atoms with Gasteiger partial charge in [-0.1, -0.05) is 12.1 Å². The number of rotatable bonds is 4. The summed E-state index contributed by atoms with van der Waals surface area (Å²) < 4.78 is 0. The molecule has 1 aliphatic heterocycles. The third-order valence-electron chi connectivity index (χ3n) is 4.51. The highest BCUT2D eigenvalue weighted by Crippen LogP contribution is 2.30. The van der Waals surface area contributed by atoms with Crippen LogP contribution in [0.15, 0.2) is 55.0 Å². The van der Waals surface area contributed by atoms with Crippen molar-refractivity contribution in [3.63, 3.8) is 0 Å². The molecule has 0 spiro atoms. The van der Waals surface area contributed by atoms with Crippen LogP contribution in [0.4, 0.5) is 11.4 Å². The van der Waals surface area contributed by atoms with Gasteiger partial charge in [-0.2, -0.15) is 0 Å². The maximum absolute atomic E-state index is 12.7. The Labute approximate surface area is 156 Å². The molecule has 0 atom stereocenters. The second-order valence-corrected chi connectivity index (χ2v) is 7.32. The van der Waals surface area contributed by atoms with Crippen molar-refractivity contribution in [2.75, 3.05) is 23.3 Å². The van der Waals surface area contributed by atoms with Crippen LogP contribution >= 0.6 is 11.3 Å². The van der Waals surface area contributed by atoms with Crippen molar-refractivity contribution in [2.24, 2.45) is 0 Å². The monoisotopic (exact) mass is 364 g/mol. The third-order valence-corrected chi connectivity index (χ3v) is 5.55. The first-order valence-corrected chi connectivity index (χ1v) is 9.64. The van der Waals surface area contributed by atoms with E-state index in [1.165, 1.54) is 30.6 Å². The van der Waals surface area contributed by atoms with Crippen molar-refractivity contribution in [3.8, 4) is 10.6 Å². The first kappa shape index (κ1) is 16.7. The minimum Gasteiger partial charge on any atom is -0.370 e. The van der Waals surface area contributed by atoms with Gasteiger partial charge in [-0.3, -0.25) is 9.78 Å². The molecule has 5 nitrogen and oxygen atoms in total. The average molecular weight is 364 g/mol. The Morgan fingerprint density at radius 1 is 1.04 bits per heavy atom. The zero-order valence-electron chi connectivity index (χ0n) is 14.4. The molecule has 6 heteroatoms. The number of nitrogens with zero attached hydrogens (tertiary/aromatic N) is 3. The predicted molar refractivity (Wildman–Crippen MR) is 106 cm³/mol. The molecule has 0 saturated carbocycles. The van der Waals surface area contributed by atoms with Gasteiger partial charge < -0.3 is 10.2 Å². The van der Waals surface area contributed by atoms with E-state index < -0.39 is 0 Å². The Hall–Kier alpha value is -2.73. The molecule has 1 amide bonds. The molecule has 2 aromatic heterocycles. The zero-order chi connectivity index (χ0) is 17.8. The maximum atomic E-state index is 12.7. The van der Waals surface area contributed by atoms with E-state index in [2.05, 4.69) is 26.3 Å². The molecule has 1 N–H and O–H groups in total. The molecule has 0 bridgehead atoms. The number of nitrogens with one attached hydrogen (secondary N) is 1. The van der Waals surface area contributed by atoms with Crippen molar-refractivity contribution in [2.45, 2.75) is 19.3 Å². The molecule has 1 saturated heterocycles. The normalized spacial score (nSPS) is 14.2. The number of anilines is 2. The van der Waals surface area contributed by atoms with E-state index in [1.807, 2.05) is 30.3 Å². The summed E-state index contributed by atoms with van der Waals surface area (Å²) in [7, 11) is 0. The molecule has 3 heterocycles. The lowest BCUT2D eigenvalue weighted by atomic mass is 10.1. The van der Waals surface area contributed by atoms with Crippen LogP contribution in [0.3, 0.4) is 0 Å². The van der Waals surface area contributed by atoms with Crippen molar-refractivity contribution < 1.29 is 4.79 Å². The summed E-state index contributed by atoms with van der Waals surface area (Å²) in [6, 6.07) is 11.8. The fourth-order valence-corrected chi connectivity index (χ4v) is 4.00. The summed E-state index contributed by atoms with van der Waals surface area (Å²) >= 11 is 1.39. The molecule has 3 aromatic rings. The number of thiazole rings is 1. The lowest BCUT2D eigenvalue weighted by Gasteiger charge is -2.30. The SMILES string of the molecule is O=C(Nc1ccccc1N1CCCCC1)c1cnc(-c2ccncc2)s1. The molecular formula is C20H20N4OS. The minimum absolute atomic E-state index is 0.118. The van der Waals surface area contributed by atoms with Crippen molar-refractivity contribution in [1.82, 2.24) is 9.97 Å². The van der Waals surface area contributed by atoms with E-state index in [4.69, 9.17) is 0 Å². The number of amides is 1. The van der Waals surface area contributed by atoms with Crippen LogP contribution in [-0.4, -0.2) is 29.0 Å².